The molecule has 5 nitrogen and oxygen atoms in total. The van der Waals surface area contributed by atoms with Crippen LogP contribution in [0.4, 0.5) is 0 Å². The predicted molar refractivity (Wildman–Crippen MR) is 82.8 cm³/mol. The number of thiocarbonyl (C=S) groups is 1. The number of rotatable bonds is 3. The Morgan fingerprint density at radius 2 is 2.14 bits per heavy atom. The van der Waals surface area contributed by atoms with Crippen LogP contribution < -0.4 is 9.47 Å². The number of benzene rings is 1. The monoisotopic (exact) mass is 302 g/mol. The third-order valence-electron chi connectivity index (χ3n) is 3.36. The maximum absolute atomic E-state index is 12.4. The Bertz CT molecular complexity index is 669. The lowest BCUT2D eigenvalue weighted by Crippen LogP contribution is -2.31. The zero-order valence-electron chi connectivity index (χ0n) is 11.5. The second kappa shape index (κ2) is 5.21. The number of fused-ring (bicyclic) bond motifs is 1. The number of hydrogen-bond acceptors (Lipinski definition) is 4. The molecule has 0 aromatic heterocycles. The van der Waals surface area contributed by atoms with Crippen molar-refractivity contribution in [3.05, 3.63) is 42.1 Å². The Hall–Kier alpha value is -2.34. The predicted octanol–water partition coefficient (Wildman–Crippen LogP) is 2.00. The molecule has 1 aromatic rings. The summed E-state index contributed by atoms with van der Waals surface area (Å²) in [5.41, 5.74) is 1.39. The Morgan fingerprint density at radius 3 is 2.90 bits per heavy atom. The molecule has 1 aromatic carbocycles. The Balaban J connectivity index is 1.94. The topological polar surface area (TPSA) is 42.0 Å². The van der Waals surface area contributed by atoms with Crippen molar-refractivity contribution in [3.8, 4) is 11.5 Å². The number of amides is 1. The SMILES string of the molecule is C=CCN1C(=O)/C(=C\c2ccc3c(c2)OCO3)N(C)C1=S. The van der Waals surface area contributed by atoms with E-state index in [0.29, 0.717) is 28.9 Å². The van der Waals surface area contributed by atoms with Crippen LogP contribution >= 0.6 is 12.2 Å². The first-order chi connectivity index (χ1) is 10.1. The van der Waals surface area contributed by atoms with Crippen molar-refractivity contribution in [1.29, 1.82) is 0 Å². The Kier molecular flexibility index (Phi) is 3.39. The van der Waals surface area contributed by atoms with E-state index in [1.54, 1.807) is 24.1 Å². The van der Waals surface area contributed by atoms with Crippen LogP contribution in [-0.4, -0.2) is 41.2 Å². The van der Waals surface area contributed by atoms with Gasteiger partial charge < -0.3 is 14.4 Å². The quantitative estimate of drug-likeness (QED) is 0.485. The standard InChI is InChI=1S/C15H14N2O3S/c1-3-6-17-14(18)11(16(2)15(17)21)7-10-4-5-12-13(8-10)20-9-19-12/h3-5,7-8H,1,6,9H2,2H3/b11-7+. The highest BCUT2D eigenvalue weighted by atomic mass is 32.1. The molecule has 1 saturated heterocycles. The van der Waals surface area contributed by atoms with Crippen molar-refractivity contribution >= 4 is 29.3 Å². The normalized spacial score (nSPS) is 18.8. The summed E-state index contributed by atoms with van der Waals surface area (Å²) >= 11 is 5.28. The van der Waals surface area contributed by atoms with Crippen LogP contribution in [0.5, 0.6) is 11.5 Å². The van der Waals surface area contributed by atoms with Gasteiger partial charge in [0.1, 0.15) is 5.70 Å². The lowest BCUT2D eigenvalue weighted by molar-refractivity contribution is -0.122. The van der Waals surface area contributed by atoms with Crippen LogP contribution in [0.3, 0.4) is 0 Å². The van der Waals surface area contributed by atoms with E-state index in [0.717, 1.165) is 5.56 Å². The number of carbonyl (C=O) groups is 1. The van der Waals surface area contributed by atoms with E-state index in [-0.39, 0.29) is 12.7 Å². The fourth-order valence-corrected chi connectivity index (χ4v) is 2.52. The summed E-state index contributed by atoms with van der Waals surface area (Å²) in [5.74, 6) is 1.27. The molecule has 0 unspecified atom stereocenters. The summed E-state index contributed by atoms with van der Waals surface area (Å²) in [4.78, 5) is 15.6. The first-order valence-electron chi connectivity index (χ1n) is 6.43. The number of nitrogens with zero attached hydrogens (tertiary/aromatic N) is 2. The van der Waals surface area contributed by atoms with E-state index in [1.165, 1.54) is 4.90 Å². The molecule has 108 valence electrons. The molecular weight excluding hydrogens is 288 g/mol. The molecule has 2 heterocycles. The second-order valence-electron chi connectivity index (χ2n) is 4.69. The average molecular weight is 302 g/mol. The van der Waals surface area contributed by atoms with Gasteiger partial charge in [-0.2, -0.15) is 0 Å². The van der Waals surface area contributed by atoms with Crippen LogP contribution in [0.1, 0.15) is 5.56 Å². The average Bonchev–Trinajstić information content (AvgIpc) is 3.02. The number of carbonyl (C=O) groups excluding carboxylic acids is 1. The van der Waals surface area contributed by atoms with Crippen molar-refractivity contribution in [3.63, 3.8) is 0 Å². The van der Waals surface area contributed by atoms with Crippen molar-refractivity contribution < 1.29 is 14.3 Å². The molecule has 1 amide bonds. The zero-order valence-corrected chi connectivity index (χ0v) is 12.4. The van der Waals surface area contributed by atoms with Gasteiger partial charge in [-0.15, -0.1) is 6.58 Å². The highest BCUT2D eigenvalue weighted by Crippen LogP contribution is 2.33. The largest absolute Gasteiger partial charge is 0.454 e. The molecule has 2 aliphatic heterocycles. The smallest absolute Gasteiger partial charge is 0.277 e. The van der Waals surface area contributed by atoms with Crippen molar-refractivity contribution in [2.75, 3.05) is 20.4 Å². The summed E-state index contributed by atoms with van der Waals surface area (Å²) in [5, 5.41) is 0.479. The molecule has 0 saturated carbocycles. The molecule has 3 rings (SSSR count). The molecule has 0 N–H and O–H groups in total. The first kappa shape index (κ1) is 13.6. The fraction of sp³-hybridized carbons (Fsp3) is 0.200. The second-order valence-corrected chi connectivity index (χ2v) is 5.05. The number of likely N-dealkylation sites (N-methyl/N-ethyl adjacent to an activating group) is 1. The van der Waals surface area contributed by atoms with Gasteiger partial charge in [-0.05, 0) is 36.0 Å². The van der Waals surface area contributed by atoms with Crippen LogP contribution in [-0.2, 0) is 4.79 Å². The summed E-state index contributed by atoms with van der Waals surface area (Å²) in [6.07, 6.45) is 3.45. The first-order valence-corrected chi connectivity index (χ1v) is 6.84. The molecular formula is C15H14N2O3S. The molecule has 0 aliphatic carbocycles. The van der Waals surface area contributed by atoms with Gasteiger partial charge in [-0.25, -0.2) is 0 Å². The van der Waals surface area contributed by atoms with E-state index in [2.05, 4.69) is 6.58 Å². The summed E-state index contributed by atoms with van der Waals surface area (Å²) < 4.78 is 10.6. The molecule has 0 radical (unpaired) electrons. The van der Waals surface area contributed by atoms with Crippen molar-refractivity contribution in [1.82, 2.24) is 9.80 Å². The summed E-state index contributed by atoms with van der Waals surface area (Å²) in [6.45, 7) is 4.28. The molecule has 0 bridgehead atoms. The van der Waals surface area contributed by atoms with Gasteiger partial charge in [0, 0.05) is 13.6 Å². The van der Waals surface area contributed by atoms with E-state index < -0.39 is 0 Å². The van der Waals surface area contributed by atoms with Crippen molar-refractivity contribution in [2.45, 2.75) is 0 Å². The van der Waals surface area contributed by atoms with Gasteiger partial charge in [0.2, 0.25) is 6.79 Å². The highest BCUT2D eigenvalue weighted by molar-refractivity contribution is 7.80. The minimum atomic E-state index is -0.125. The lowest BCUT2D eigenvalue weighted by Gasteiger charge is -2.13. The van der Waals surface area contributed by atoms with Crippen molar-refractivity contribution in [2.24, 2.45) is 0 Å². The van der Waals surface area contributed by atoms with Crippen LogP contribution in [0, 0.1) is 0 Å². The Labute approximate surface area is 128 Å². The molecule has 2 aliphatic rings. The molecule has 1 fully saturated rings. The lowest BCUT2D eigenvalue weighted by atomic mass is 10.1. The summed E-state index contributed by atoms with van der Waals surface area (Å²) in [7, 11) is 1.78. The third-order valence-corrected chi connectivity index (χ3v) is 3.85. The number of hydrogen-bond donors (Lipinski definition) is 0. The van der Waals surface area contributed by atoms with E-state index in [4.69, 9.17) is 21.7 Å². The minimum Gasteiger partial charge on any atom is -0.454 e. The highest BCUT2D eigenvalue weighted by Gasteiger charge is 2.34. The van der Waals surface area contributed by atoms with E-state index in [1.807, 2.05) is 18.2 Å². The van der Waals surface area contributed by atoms with Crippen LogP contribution in [0.2, 0.25) is 0 Å². The van der Waals surface area contributed by atoms with Gasteiger partial charge >= 0.3 is 0 Å². The maximum Gasteiger partial charge on any atom is 0.277 e. The van der Waals surface area contributed by atoms with Gasteiger partial charge in [0.25, 0.3) is 5.91 Å². The Morgan fingerprint density at radius 1 is 1.38 bits per heavy atom. The van der Waals surface area contributed by atoms with Gasteiger partial charge in [0.15, 0.2) is 16.6 Å². The number of ether oxygens (including phenoxy) is 2. The fourth-order valence-electron chi connectivity index (χ4n) is 2.26. The van der Waals surface area contributed by atoms with Gasteiger partial charge in [-0.3, -0.25) is 9.69 Å². The third kappa shape index (κ3) is 2.27. The van der Waals surface area contributed by atoms with Gasteiger partial charge in [-0.1, -0.05) is 12.1 Å². The molecule has 6 heteroatoms. The van der Waals surface area contributed by atoms with E-state index >= 15 is 0 Å². The molecule has 0 atom stereocenters. The summed E-state index contributed by atoms with van der Waals surface area (Å²) in [6, 6.07) is 5.55. The van der Waals surface area contributed by atoms with Crippen LogP contribution in [0.25, 0.3) is 6.08 Å². The minimum absolute atomic E-state index is 0.125. The van der Waals surface area contributed by atoms with Gasteiger partial charge in [0.05, 0.1) is 0 Å². The zero-order chi connectivity index (χ0) is 15.0. The van der Waals surface area contributed by atoms with E-state index in [9.17, 15) is 4.79 Å². The molecule has 0 spiro atoms. The van der Waals surface area contributed by atoms with Crippen LogP contribution in [0.15, 0.2) is 36.6 Å². The molecule has 21 heavy (non-hydrogen) atoms. The maximum atomic E-state index is 12.4.